The SMILES string of the molecule is CC(=O)NC1CCN(C(=O)c2sccc2/C=C/C(=O)O)C1. The van der Waals surface area contributed by atoms with E-state index in [9.17, 15) is 14.4 Å². The molecule has 2 rings (SSSR count). The van der Waals surface area contributed by atoms with Gasteiger partial charge in [-0.05, 0) is 29.5 Å². The monoisotopic (exact) mass is 308 g/mol. The number of carbonyl (C=O) groups is 3. The Hall–Kier alpha value is -2.15. The summed E-state index contributed by atoms with van der Waals surface area (Å²) in [7, 11) is 0. The highest BCUT2D eigenvalue weighted by Gasteiger charge is 2.28. The zero-order valence-corrected chi connectivity index (χ0v) is 12.4. The van der Waals surface area contributed by atoms with E-state index in [1.54, 1.807) is 16.3 Å². The Morgan fingerprint density at radius 1 is 1.48 bits per heavy atom. The highest BCUT2D eigenvalue weighted by Crippen LogP contribution is 2.22. The van der Waals surface area contributed by atoms with Crippen molar-refractivity contribution in [2.75, 3.05) is 13.1 Å². The topological polar surface area (TPSA) is 86.7 Å². The van der Waals surface area contributed by atoms with E-state index in [1.807, 2.05) is 0 Å². The van der Waals surface area contributed by atoms with E-state index in [4.69, 9.17) is 5.11 Å². The first-order valence-electron chi connectivity index (χ1n) is 6.52. The van der Waals surface area contributed by atoms with Gasteiger partial charge in [-0.15, -0.1) is 11.3 Å². The smallest absolute Gasteiger partial charge is 0.328 e. The van der Waals surface area contributed by atoms with E-state index < -0.39 is 5.97 Å². The van der Waals surface area contributed by atoms with Crippen LogP contribution in [0.3, 0.4) is 0 Å². The van der Waals surface area contributed by atoms with Gasteiger partial charge in [0.2, 0.25) is 5.91 Å². The number of carboxylic acid groups (broad SMARTS) is 1. The van der Waals surface area contributed by atoms with Gasteiger partial charge in [0.05, 0.1) is 4.88 Å². The van der Waals surface area contributed by atoms with Gasteiger partial charge in [-0.2, -0.15) is 0 Å². The first-order valence-corrected chi connectivity index (χ1v) is 7.40. The second kappa shape index (κ2) is 6.53. The molecule has 0 bridgehead atoms. The molecule has 2 N–H and O–H groups in total. The van der Waals surface area contributed by atoms with Gasteiger partial charge in [-0.3, -0.25) is 9.59 Å². The first kappa shape index (κ1) is 15.2. The number of carbonyl (C=O) groups excluding carboxylic acids is 2. The minimum Gasteiger partial charge on any atom is -0.478 e. The number of carboxylic acids is 1. The van der Waals surface area contributed by atoms with E-state index >= 15 is 0 Å². The molecule has 112 valence electrons. The number of amides is 2. The van der Waals surface area contributed by atoms with Crippen LogP contribution in [0.2, 0.25) is 0 Å². The molecule has 0 spiro atoms. The molecule has 1 aromatic rings. The normalized spacial score (nSPS) is 18.1. The predicted molar refractivity (Wildman–Crippen MR) is 79.1 cm³/mol. The maximum Gasteiger partial charge on any atom is 0.328 e. The highest BCUT2D eigenvalue weighted by atomic mass is 32.1. The van der Waals surface area contributed by atoms with E-state index in [1.165, 1.54) is 24.3 Å². The van der Waals surface area contributed by atoms with Crippen molar-refractivity contribution in [2.24, 2.45) is 0 Å². The zero-order chi connectivity index (χ0) is 15.4. The van der Waals surface area contributed by atoms with Gasteiger partial charge < -0.3 is 15.3 Å². The molecule has 0 aromatic carbocycles. The number of rotatable bonds is 4. The lowest BCUT2D eigenvalue weighted by Crippen LogP contribution is -2.37. The summed E-state index contributed by atoms with van der Waals surface area (Å²) in [5, 5.41) is 13.2. The molecule has 2 heterocycles. The second-order valence-electron chi connectivity index (χ2n) is 4.81. The summed E-state index contributed by atoms with van der Waals surface area (Å²) in [5.74, 6) is -1.27. The van der Waals surface area contributed by atoms with Gasteiger partial charge in [0.15, 0.2) is 0 Å². The van der Waals surface area contributed by atoms with Gasteiger partial charge in [0.25, 0.3) is 5.91 Å². The molecule has 1 aliphatic rings. The number of thiophene rings is 1. The van der Waals surface area contributed by atoms with Crippen LogP contribution >= 0.6 is 11.3 Å². The van der Waals surface area contributed by atoms with Crippen LogP contribution < -0.4 is 5.32 Å². The molecule has 1 saturated heterocycles. The van der Waals surface area contributed by atoms with Gasteiger partial charge in [-0.1, -0.05) is 0 Å². The number of likely N-dealkylation sites (tertiary alicyclic amines) is 1. The summed E-state index contributed by atoms with van der Waals surface area (Å²) in [5.41, 5.74) is 0.607. The van der Waals surface area contributed by atoms with Crippen LogP contribution in [0.25, 0.3) is 6.08 Å². The molecule has 0 saturated carbocycles. The van der Waals surface area contributed by atoms with Crippen molar-refractivity contribution in [3.8, 4) is 0 Å². The number of aliphatic carboxylic acids is 1. The Bertz CT molecular complexity index is 594. The first-order chi connectivity index (χ1) is 9.97. The Balaban J connectivity index is 2.06. The summed E-state index contributed by atoms with van der Waals surface area (Å²) < 4.78 is 0. The molecule has 0 aliphatic carbocycles. The Kier molecular flexibility index (Phi) is 4.74. The van der Waals surface area contributed by atoms with E-state index in [2.05, 4.69) is 5.32 Å². The van der Waals surface area contributed by atoms with Crippen LogP contribution in [0, 0.1) is 0 Å². The molecule has 7 heteroatoms. The molecule has 1 aliphatic heterocycles. The summed E-state index contributed by atoms with van der Waals surface area (Å²) in [6, 6.07) is 1.71. The summed E-state index contributed by atoms with van der Waals surface area (Å²) in [4.78, 5) is 36.2. The number of nitrogens with one attached hydrogen (secondary N) is 1. The zero-order valence-electron chi connectivity index (χ0n) is 11.5. The van der Waals surface area contributed by atoms with Crippen LogP contribution in [0.5, 0.6) is 0 Å². The maximum atomic E-state index is 12.4. The Morgan fingerprint density at radius 2 is 2.24 bits per heavy atom. The van der Waals surface area contributed by atoms with Crippen molar-refractivity contribution in [1.82, 2.24) is 10.2 Å². The average molecular weight is 308 g/mol. The molecule has 1 unspecified atom stereocenters. The third-order valence-electron chi connectivity index (χ3n) is 3.18. The molecule has 0 radical (unpaired) electrons. The lowest BCUT2D eigenvalue weighted by molar-refractivity contribution is -0.131. The molecular formula is C14H16N2O4S. The third kappa shape index (κ3) is 3.91. The highest BCUT2D eigenvalue weighted by molar-refractivity contribution is 7.12. The number of hydrogen-bond donors (Lipinski definition) is 2. The third-order valence-corrected chi connectivity index (χ3v) is 4.10. The molecule has 2 amide bonds. The summed E-state index contributed by atoms with van der Waals surface area (Å²) >= 11 is 1.29. The fourth-order valence-corrected chi connectivity index (χ4v) is 3.13. The van der Waals surface area contributed by atoms with Crippen molar-refractivity contribution >= 4 is 35.2 Å². The average Bonchev–Trinajstić information content (AvgIpc) is 3.03. The van der Waals surface area contributed by atoms with Gasteiger partial charge in [0.1, 0.15) is 0 Å². The predicted octanol–water partition coefficient (Wildman–Crippen LogP) is 1.20. The van der Waals surface area contributed by atoms with Crippen LogP contribution in [0.4, 0.5) is 0 Å². The van der Waals surface area contributed by atoms with Crippen molar-refractivity contribution in [1.29, 1.82) is 0 Å². The van der Waals surface area contributed by atoms with Gasteiger partial charge in [-0.25, -0.2) is 4.79 Å². The van der Waals surface area contributed by atoms with E-state index in [0.29, 0.717) is 23.5 Å². The number of nitrogens with zero attached hydrogens (tertiary/aromatic N) is 1. The van der Waals surface area contributed by atoms with Crippen molar-refractivity contribution < 1.29 is 19.5 Å². The molecular weight excluding hydrogens is 292 g/mol. The summed E-state index contributed by atoms with van der Waals surface area (Å²) in [6.45, 7) is 2.53. The quantitative estimate of drug-likeness (QED) is 0.818. The minimum atomic E-state index is -1.05. The molecule has 1 fully saturated rings. The molecule has 6 nitrogen and oxygen atoms in total. The second-order valence-corrected chi connectivity index (χ2v) is 5.73. The Morgan fingerprint density at radius 3 is 2.90 bits per heavy atom. The lowest BCUT2D eigenvalue weighted by atomic mass is 10.2. The Labute approximate surface area is 126 Å². The fraction of sp³-hybridized carbons (Fsp3) is 0.357. The van der Waals surface area contributed by atoms with Crippen molar-refractivity contribution in [2.45, 2.75) is 19.4 Å². The lowest BCUT2D eigenvalue weighted by Gasteiger charge is -2.16. The molecule has 1 atom stereocenters. The van der Waals surface area contributed by atoms with Crippen LogP contribution in [0.1, 0.15) is 28.6 Å². The van der Waals surface area contributed by atoms with E-state index in [0.717, 1.165) is 12.5 Å². The standard InChI is InChI=1S/C14H16N2O4S/c1-9(17)15-11-4-6-16(8-11)14(20)13-10(5-7-21-13)2-3-12(18)19/h2-3,5,7,11H,4,6,8H2,1H3,(H,15,17)(H,18,19)/b3-2+. The van der Waals surface area contributed by atoms with Crippen LogP contribution in [-0.4, -0.2) is 46.9 Å². The van der Waals surface area contributed by atoms with Crippen molar-refractivity contribution in [3.63, 3.8) is 0 Å². The minimum absolute atomic E-state index is 0.00979. The van der Waals surface area contributed by atoms with Crippen LogP contribution in [0.15, 0.2) is 17.5 Å². The van der Waals surface area contributed by atoms with Crippen molar-refractivity contribution in [3.05, 3.63) is 28.0 Å². The van der Waals surface area contributed by atoms with Crippen LogP contribution in [-0.2, 0) is 9.59 Å². The largest absolute Gasteiger partial charge is 0.478 e. The fourth-order valence-electron chi connectivity index (χ4n) is 2.28. The maximum absolute atomic E-state index is 12.4. The molecule has 1 aromatic heterocycles. The number of hydrogen-bond acceptors (Lipinski definition) is 4. The van der Waals surface area contributed by atoms with Gasteiger partial charge in [0, 0.05) is 32.1 Å². The molecule has 21 heavy (non-hydrogen) atoms. The summed E-state index contributed by atoms with van der Waals surface area (Å²) in [6.07, 6.45) is 3.17. The van der Waals surface area contributed by atoms with Gasteiger partial charge >= 0.3 is 5.97 Å². The van der Waals surface area contributed by atoms with E-state index in [-0.39, 0.29) is 17.9 Å².